The Labute approximate surface area is 162 Å². The highest BCUT2D eigenvalue weighted by Crippen LogP contribution is 2.33. The average Bonchev–Trinajstić information content (AvgIpc) is 3.19. The van der Waals surface area contributed by atoms with E-state index >= 15 is 0 Å². The van der Waals surface area contributed by atoms with Crippen molar-refractivity contribution in [2.45, 2.75) is 6.42 Å². The Bertz CT molecular complexity index is 720. The van der Waals surface area contributed by atoms with E-state index in [1.165, 1.54) is 11.3 Å². The minimum absolute atomic E-state index is 0. The highest BCUT2D eigenvalue weighted by Gasteiger charge is 2.27. The first kappa shape index (κ1) is 19.5. The summed E-state index contributed by atoms with van der Waals surface area (Å²) in [4.78, 5) is 16.4. The fraction of sp³-hybridized carbons (Fsp3) is 0.353. The van der Waals surface area contributed by atoms with Crippen LogP contribution in [0, 0.1) is 5.92 Å². The van der Waals surface area contributed by atoms with Crippen LogP contribution in [0.25, 0.3) is 10.4 Å². The molecule has 0 spiro atoms. The predicted octanol–water partition coefficient (Wildman–Crippen LogP) is 4.83. The molecule has 24 heavy (non-hydrogen) atoms. The van der Waals surface area contributed by atoms with Crippen LogP contribution in [0.3, 0.4) is 0 Å². The first-order valence-corrected chi connectivity index (χ1v) is 9.15. The van der Waals surface area contributed by atoms with Crippen molar-refractivity contribution >= 4 is 52.9 Å². The maximum atomic E-state index is 12.6. The lowest BCUT2D eigenvalue weighted by Gasteiger charge is -2.15. The molecule has 0 saturated carbocycles. The van der Waals surface area contributed by atoms with E-state index < -0.39 is 0 Å². The van der Waals surface area contributed by atoms with Gasteiger partial charge >= 0.3 is 0 Å². The van der Waals surface area contributed by atoms with Crippen LogP contribution in [0.15, 0.2) is 30.3 Å². The molecule has 1 unspecified atom stereocenters. The molecule has 130 valence electrons. The number of nitrogens with one attached hydrogen (secondary N) is 1. The van der Waals surface area contributed by atoms with Gasteiger partial charge in [0, 0.05) is 18.0 Å². The van der Waals surface area contributed by atoms with Crippen molar-refractivity contribution in [3.8, 4) is 10.4 Å². The molecule has 1 fully saturated rings. The molecule has 0 aliphatic carbocycles. The third-order valence-corrected chi connectivity index (χ3v) is 5.95. The summed E-state index contributed by atoms with van der Waals surface area (Å²) in [6, 6.07) is 9.41. The smallest absolute Gasteiger partial charge is 0.263 e. The summed E-state index contributed by atoms with van der Waals surface area (Å²) in [5.74, 6) is 0.679. The first-order valence-electron chi connectivity index (χ1n) is 7.57. The van der Waals surface area contributed by atoms with Gasteiger partial charge in [0.25, 0.3) is 5.91 Å². The summed E-state index contributed by atoms with van der Waals surface area (Å²) < 4.78 is 0. The Morgan fingerprint density at radius 2 is 2.08 bits per heavy atom. The fourth-order valence-electron chi connectivity index (χ4n) is 2.89. The van der Waals surface area contributed by atoms with E-state index in [-0.39, 0.29) is 18.3 Å². The topological polar surface area (TPSA) is 32.3 Å². The van der Waals surface area contributed by atoms with Gasteiger partial charge < -0.3 is 10.2 Å². The second-order valence-electron chi connectivity index (χ2n) is 5.76. The van der Waals surface area contributed by atoms with E-state index in [0.29, 0.717) is 16.0 Å². The van der Waals surface area contributed by atoms with Crippen LogP contribution in [0.4, 0.5) is 0 Å². The molecular weight excluding hydrogens is 387 g/mol. The zero-order valence-electron chi connectivity index (χ0n) is 13.2. The third kappa shape index (κ3) is 4.24. The highest BCUT2D eigenvalue weighted by molar-refractivity contribution is 7.17. The third-order valence-electron chi connectivity index (χ3n) is 4.09. The lowest BCUT2D eigenvalue weighted by molar-refractivity contribution is 0.0792. The van der Waals surface area contributed by atoms with Gasteiger partial charge in [-0.25, -0.2) is 0 Å². The van der Waals surface area contributed by atoms with Gasteiger partial charge in [-0.1, -0.05) is 29.3 Å². The van der Waals surface area contributed by atoms with Crippen LogP contribution >= 0.6 is 46.9 Å². The van der Waals surface area contributed by atoms with Gasteiger partial charge in [0.05, 0.1) is 14.9 Å². The number of hydrogen-bond acceptors (Lipinski definition) is 3. The molecule has 1 aliphatic rings. The van der Waals surface area contributed by atoms with Crippen molar-refractivity contribution in [1.29, 1.82) is 0 Å². The number of hydrogen-bond donors (Lipinski definition) is 1. The molecule has 1 aliphatic heterocycles. The Morgan fingerprint density at radius 1 is 1.29 bits per heavy atom. The second-order valence-corrected chi connectivity index (χ2v) is 7.65. The summed E-state index contributed by atoms with van der Waals surface area (Å²) in [5.41, 5.74) is 0.984. The minimum Gasteiger partial charge on any atom is -0.338 e. The molecule has 2 heterocycles. The lowest BCUT2D eigenvalue weighted by atomic mass is 10.1. The summed E-state index contributed by atoms with van der Waals surface area (Å²) in [6.07, 6.45) is 1.07. The number of nitrogens with zero attached hydrogens (tertiary/aromatic N) is 1. The maximum absolute atomic E-state index is 12.6. The molecule has 1 amide bonds. The van der Waals surface area contributed by atoms with Crippen LogP contribution in [-0.4, -0.2) is 37.5 Å². The number of halogens is 3. The molecule has 1 N–H and O–H groups in total. The van der Waals surface area contributed by atoms with E-state index in [9.17, 15) is 4.79 Å². The average molecular weight is 406 g/mol. The quantitative estimate of drug-likeness (QED) is 0.790. The van der Waals surface area contributed by atoms with Crippen LogP contribution in [0.2, 0.25) is 10.0 Å². The monoisotopic (exact) mass is 404 g/mol. The van der Waals surface area contributed by atoms with Gasteiger partial charge in [0.1, 0.15) is 0 Å². The molecule has 1 aromatic heterocycles. The van der Waals surface area contributed by atoms with Gasteiger partial charge in [-0.2, -0.15) is 0 Å². The van der Waals surface area contributed by atoms with Crippen LogP contribution in [-0.2, 0) is 0 Å². The molecule has 0 radical (unpaired) electrons. The van der Waals surface area contributed by atoms with Crippen molar-refractivity contribution in [1.82, 2.24) is 10.2 Å². The zero-order valence-corrected chi connectivity index (χ0v) is 16.4. The van der Waals surface area contributed by atoms with Crippen LogP contribution < -0.4 is 5.32 Å². The van der Waals surface area contributed by atoms with Crippen molar-refractivity contribution < 1.29 is 4.79 Å². The van der Waals surface area contributed by atoms with E-state index in [4.69, 9.17) is 23.2 Å². The second kappa shape index (κ2) is 8.54. The number of thiophene rings is 1. The zero-order chi connectivity index (χ0) is 16.4. The molecule has 3 rings (SSSR count). The summed E-state index contributed by atoms with van der Waals surface area (Å²) in [6.45, 7) is 2.63. The standard InChI is InChI=1S/C17H18Cl2N2OS.ClH/c1-20-9-11-6-7-21(10-11)17(22)16-5-4-15(23-16)12-2-3-13(18)14(19)8-12;/h2-5,8,11,20H,6-7,9-10H2,1H3;1H. The number of benzene rings is 1. The Morgan fingerprint density at radius 3 is 2.79 bits per heavy atom. The van der Waals surface area contributed by atoms with E-state index in [1.54, 1.807) is 6.07 Å². The molecule has 7 heteroatoms. The van der Waals surface area contributed by atoms with Gasteiger partial charge in [-0.15, -0.1) is 23.7 Å². The van der Waals surface area contributed by atoms with Crippen molar-refractivity contribution in [3.05, 3.63) is 45.3 Å². The van der Waals surface area contributed by atoms with Gasteiger partial charge in [-0.3, -0.25) is 4.79 Å². The highest BCUT2D eigenvalue weighted by atomic mass is 35.5. The van der Waals surface area contributed by atoms with Gasteiger partial charge in [0.15, 0.2) is 0 Å². The Hall–Kier alpha value is -0.780. The van der Waals surface area contributed by atoms with Gasteiger partial charge in [0.2, 0.25) is 0 Å². The Balaban J connectivity index is 0.00000208. The molecule has 3 nitrogen and oxygen atoms in total. The van der Waals surface area contributed by atoms with Gasteiger partial charge in [-0.05, 0) is 55.8 Å². The van der Waals surface area contributed by atoms with E-state index in [2.05, 4.69) is 5.32 Å². The largest absolute Gasteiger partial charge is 0.338 e. The predicted molar refractivity (Wildman–Crippen MR) is 105 cm³/mol. The maximum Gasteiger partial charge on any atom is 0.263 e. The number of amides is 1. The molecule has 1 aromatic carbocycles. The van der Waals surface area contributed by atoms with Crippen molar-refractivity contribution in [2.24, 2.45) is 5.92 Å². The summed E-state index contributed by atoms with van der Waals surface area (Å²) in [5, 5.41) is 4.25. The SMILES string of the molecule is CNCC1CCN(C(=O)c2ccc(-c3ccc(Cl)c(Cl)c3)s2)C1.Cl. The minimum atomic E-state index is 0. The van der Waals surface area contributed by atoms with Crippen LogP contribution in [0.1, 0.15) is 16.1 Å². The summed E-state index contributed by atoms with van der Waals surface area (Å²) in [7, 11) is 1.95. The fourth-order valence-corrected chi connectivity index (χ4v) is 4.15. The molecular formula is C17H19Cl3N2OS. The van der Waals surface area contributed by atoms with E-state index in [0.717, 1.165) is 41.4 Å². The lowest BCUT2D eigenvalue weighted by Crippen LogP contribution is -2.29. The number of rotatable bonds is 4. The molecule has 0 bridgehead atoms. The normalized spacial score (nSPS) is 17.0. The van der Waals surface area contributed by atoms with E-state index in [1.807, 2.05) is 36.2 Å². The number of carbonyl (C=O) groups is 1. The summed E-state index contributed by atoms with van der Waals surface area (Å²) >= 11 is 13.5. The first-order chi connectivity index (χ1) is 11.1. The van der Waals surface area contributed by atoms with Crippen LogP contribution in [0.5, 0.6) is 0 Å². The number of carbonyl (C=O) groups excluding carboxylic acids is 1. The molecule has 1 saturated heterocycles. The van der Waals surface area contributed by atoms with Crippen molar-refractivity contribution in [3.63, 3.8) is 0 Å². The Kier molecular flexibility index (Phi) is 6.96. The van der Waals surface area contributed by atoms with Crippen molar-refractivity contribution in [2.75, 3.05) is 26.7 Å². The molecule has 1 atom stereocenters. The number of likely N-dealkylation sites (tertiary alicyclic amines) is 1. The molecule has 2 aromatic rings.